The van der Waals surface area contributed by atoms with Crippen LogP contribution in [0.5, 0.6) is 0 Å². The van der Waals surface area contributed by atoms with Crippen LogP contribution in [0.25, 0.3) is 0 Å². The van der Waals surface area contributed by atoms with Crippen molar-refractivity contribution in [3.05, 3.63) is 0 Å². The number of rotatable bonds is 3. The van der Waals surface area contributed by atoms with Crippen molar-refractivity contribution in [2.45, 2.75) is 70.0 Å². The number of nitrogens with one attached hydrogen (secondary N) is 1. The van der Waals surface area contributed by atoms with E-state index in [1.54, 1.807) is 0 Å². The summed E-state index contributed by atoms with van der Waals surface area (Å²) >= 11 is 0. The van der Waals surface area contributed by atoms with Gasteiger partial charge < -0.3 is 10.2 Å². The lowest BCUT2D eigenvalue weighted by atomic mass is 9.95. The van der Waals surface area contributed by atoms with Crippen molar-refractivity contribution in [3.63, 3.8) is 0 Å². The molecule has 0 radical (unpaired) electrons. The summed E-state index contributed by atoms with van der Waals surface area (Å²) in [6.07, 6.45) is 8.62. The molecule has 1 atom stereocenters. The second-order valence-electron chi connectivity index (χ2n) is 7.56. The van der Waals surface area contributed by atoms with Gasteiger partial charge in [-0.25, -0.2) is 0 Å². The summed E-state index contributed by atoms with van der Waals surface area (Å²) in [5, 5.41) is 3.83. The summed E-state index contributed by atoms with van der Waals surface area (Å²) in [7, 11) is 4.36. The van der Waals surface area contributed by atoms with Gasteiger partial charge in [-0.1, -0.05) is 25.7 Å². The molecule has 0 bridgehead atoms. The minimum Gasteiger partial charge on any atom is -0.308 e. The fourth-order valence-electron chi connectivity index (χ4n) is 3.94. The monoisotopic (exact) mass is 267 g/mol. The molecule has 19 heavy (non-hydrogen) atoms. The van der Waals surface area contributed by atoms with Crippen LogP contribution in [0, 0.1) is 0 Å². The molecule has 0 amide bonds. The van der Waals surface area contributed by atoms with Crippen LogP contribution in [0.3, 0.4) is 0 Å². The van der Waals surface area contributed by atoms with E-state index in [2.05, 4.69) is 43.1 Å². The first-order chi connectivity index (χ1) is 8.96. The highest BCUT2D eigenvalue weighted by atomic mass is 15.3. The molecular weight excluding hydrogens is 234 g/mol. The molecule has 2 fully saturated rings. The van der Waals surface area contributed by atoms with Crippen LogP contribution in [0.2, 0.25) is 0 Å². The molecule has 3 nitrogen and oxygen atoms in total. The van der Waals surface area contributed by atoms with Crippen molar-refractivity contribution in [1.82, 2.24) is 15.1 Å². The van der Waals surface area contributed by atoms with Crippen LogP contribution in [-0.4, -0.2) is 61.2 Å². The number of hydrogen-bond donors (Lipinski definition) is 1. The number of piperazine rings is 1. The first-order valence-corrected chi connectivity index (χ1v) is 8.13. The van der Waals surface area contributed by atoms with Gasteiger partial charge in [0.15, 0.2) is 0 Å². The Labute approximate surface area is 119 Å². The fraction of sp³-hybridized carbons (Fsp3) is 1.00. The van der Waals surface area contributed by atoms with E-state index >= 15 is 0 Å². The molecule has 1 aliphatic heterocycles. The van der Waals surface area contributed by atoms with Gasteiger partial charge in [0.05, 0.1) is 0 Å². The van der Waals surface area contributed by atoms with E-state index in [1.165, 1.54) is 51.6 Å². The molecule has 0 aromatic heterocycles. The van der Waals surface area contributed by atoms with Crippen LogP contribution in [0.4, 0.5) is 0 Å². The summed E-state index contributed by atoms with van der Waals surface area (Å²) in [6, 6.07) is 1.45. The Morgan fingerprint density at radius 1 is 1.11 bits per heavy atom. The minimum absolute atomic E-state index is 0.255. The molecule has 2 rings (SSSR count). The Bertz CT molecular complexity index is 267. The van der Waals surface area contributed by atoms with E-state index in [4.69, 9.17) is 0 Å². The Balaban J connectivity index is 1.98. The molecule has 0 spiro atoms. The molecule has 1 unspecified atom stereocenters. The van der Waals surface area contributed by atoms with Crippen molar-refractivity contribution in [1.29, 1.82) is 0 Å². The van der Waals surface area contributed by atoms with E-state index < -0.39 is 0 Å². The fourth-order valence-corrected chi connectivity index (χ4v) is 3.94. The average molecular weight is 267 g/mol. The Morgan fingerprint density at radius 2 is 1.74 bits per heavy atom. The molecule has 1 N–H and O–H groups in total. The Kier molecular flexibility index (Phi) is 5.27. The van der Waals surface area contributed by atoms with E-state index in [-0.39, 0.29) is 5.54 Å². The average Bonchev–Trinajstić information content (AvgIpc) is 2.53. The van der Waals surface area contributed by atoms with Crippen LogP contribution >= 0.6 is 0 Å². The zero-order valence-corrected chi connectivity index (χ0v) is 13.4. The summed E-state index contributed by atoms with van der Waals surface area (Å²) in [5.41, 5.74) is 0.255. The van der Waals surface area contributed by atoms with Crippen molar-refractivity contribution < 1.29 is 0 Å². The molecule has 1 aliphatic carbocycles. The minimum atomic E-state index is 0.255. The van der Waals surface area contributed by atoms with Gasteiger partial charge in [-0.15, -0.1) is 0 Å². The summed E-state index contributed by atoms with van der Waals surface area (Å²) in [5.74, 6) is 0. The highest BCUT2D eigenvalue weighted by Crippen LogP contribution is 2.25. The first-order valence-electron chi connectivity index (χ1n) is 8.13. The lowest BCUT2D eigenvalue weighted by Gasteiger charge is -2.47. The van der Waals surface area contributed by atoms with Crippen LogP contribution in [-0.2, 0) is 0 Å². The third-order valence-corrected chi connectivity index (χ3v) is 4.57. The maximum absolute atomic E-state index is 3.83. The van der Waals surface area contributed by atoms with Crippen LogP contribution in [0.1, 0.15) is 52.4 Å². The highest BCUT2D eigenvalue weighted by Gasteiger charge is 2.35. The second kappa shape index (κ2) is 6.55. The third-order valence-electron chi connectivity index (χ3n) is 4.57. The number of hydrogen-bond acceptors (Lipinski definition) is 3. The Morgan fingerprint density at radius 3 is 2.32 bits per heavy atom. The van der Waals surface area contributed by atoms with Gasteiger partial charge in [-0.2, -0.15) is 0 Å². The van der Waals surface area contributed by atoms with Gasteiger partial charge in [-0.05, 0) is 40.8 Å². The molecule has 2 aliphatic rings. The molecule has 112 valence electrons. The molecule has 1 saturated heterocycles. The van der Waals surface area contributed by atoms with E-state index in [9.17, 15) is 0 Å². The molecule has 1 saturated carbocycles. The lowest BCUT2D eigenvalue weighted by Crippen LogP contribution is -2.65. The molecule has 3 heteroatoms. The summed E-state index contributed by atoms with van der Waals surface area (Å²) in [6.45, 7) is 8.30. The predicted molar refractivity (Wildman–Crippen MR) is 82.6 cm³/mol. The third kappa shape index (κ3) is 4.73. The van der Waals surface area contributed by atoms with Gasteiger partial charge in [0, 0.05) is 37.3 Å². The SMILES string of the molecule is CN(C)CC1CN(C2CCCCCC2)CC(C)(C)N1. The van der Waals surface area contributed by atoms with Gasteiger partial charge in [0.2, 0.25) is 0 Å². The van der Waals surface area contributed by atoms with Gasteiger partial charge >= 0.3 is 0 Å². The van der Waals surface area contributed by atoms with E-state index in [1.807, 2.05) is 0 Å². The maximum atomic E-state index is 3.83. The lowest BCUT2D eigenvalue weighted by molar-refractivity contribution is 0.0633. The molecule has 0 aromatic carbocycles. The van der Waals surface area contributed by atoms with E-state index in [0.717, 1.165) is 12.6 Å². The quantitative estimate of drug-likeness (QED) is 0.792. The number of nitrogens with zero attached hydrogens (tertiary/aromatic N) is 2. The second-order valence-corrected chi connectivity index (χ2v) is 7.56. The van der Waals surface area contributed by atoms with Gasteiger partial charge in [-0.3, -0.25) is 4.90 Å². The van der Waals surface area contributed by atoms with Crippen molar-refractivity contribution >= 4 is 0 Å². The number of likely N-dealkylation sites (N-methyl/N-ethyl adjacent to an activating group) is 1. The molecular formula is C16H33N3. The van der Waals surface area contributed by atoms with E-state index in [0.29, 0.717) is 6.04 Å². The zero-order chi connectivity index (χ0) is 13.9. The van der Waals surface area contributed by atoms with Crippen molar-refractivity contribution in [2.24, 2.45) is 0 Å². The topological polar surface area (TPSA) is 18.5 Å². The van der Waals surface area contributed by atoms with Crippen molar-refractivity contribution in [2.75, 3.05) is 33.7 Å². The zero-order valence-electron chi connectivity index (χ0n) is 13.4. The summed E-state index contributed by atoms with van der Waals surface area (Å²) in [4.78, 5) is 5.10. The Hall–Kier alpha value is -0.120. The summed E-state index contributed by atoms with van der Waals surface area (Å²) < 4.78 is 0. The highest BCUT2D eigenvalue weighted by molar-refractivity contribution is 4.95. The predicted octanol–water partition coefficient (Wildman–Crippen LogP) is 2.32. The molecule has 1 heterocycles. The molecule has 0 aromatic rings. The normalized spacial score (nSPS) is 30.5. The first kappa shape index (κ1) is 15.3. The van der Waals surface area contributed by atoms with Gasteiger partial charge in [0.1, 0.15) is 0 Å². The standard InChI is InChI=1S/C16H33N3/c1-16(2)13-19(12-14(17-16)11-18(3)4)15-9-7-5-6-8-10-15/h14-15,17H,5-13H2,1-4H3. The van der Waals surface area contributed by atoms with Gasteiger partial charge in [0.25, 0.3) is 0 Å². The van der Waals surface area contributed by atoms with Crippen LogP contribution < -0.4 is 5.32 Å². The van der Waals surface area contributed by atoms with Crippen LogP contribution in [0.15, 0.2) is 0 Å². The smallest absolute Gasteiger partial charge is 0.0327 e. The maximum Gasteiger partial charge on any atom is 0.0327 e. The van der Waals surface area contributed by atoms with Crippen molar-refractivity contribution in [3.8, 4) is 0 Å². The largest absolute Gasteiger partial charge is 0.308 e.